The molecule has 0 rings (SSSR count). The number of rotatable bonds is 6. The maximum Gasteiger partial charge on any atom is 0.314 e. The van der Waals surface area contributed by atoms with Gasteiger partial charge in [-0.2, -0.15) is 0 Å². The summed E-state index contributed by atoms with van der Waals surface area (Å²) in [6.45, 7) is 4.37. The van der Waals surface area contributed by atoms with Crippen LogP contribution < -0.4 is 16.4 Å². The topological polar surface area (TPSA) is 84.2 Å². The molecule has 14 heavy (non-hydrogen) atoms. The lowest BCUT2D eigenvalue weighted by Crippen LogP contribution is -2.39. The summed E-state index contributed by atoms with van der Waals surface area (Å²) >= 11 is 0. The maximum absolute atomic E-state index is 11.0. The van der Waals surface area contributed by atoms with Crippen LogP contribution in [0.5, 0.6) is 0 Å². The Kier molecular flexibility index (Phi) is 6.53. The molecule has 5 heteroatoms. The van der Waals surface area contributed by atoms with Gasteiger partial charge >= 0.3 is 6.03 Å². The first kappa shape index (κ1) is 12.7. The maximum atomic E-state index is 11.0. The molecule has 82 valence electrons. The van der Waals surface area contributed by atoms with Gasteiger partial charge in [-0.3, -0.25) is 4.79 Å². The van der Waals surface area contributed by atoms with Crippen molar-refractivity contribution in [2.75, 3.05) is 6.54 Å². The van der Waals surface area contributed by atoms with E-state index in [9.17, 15) is 9.59 Å². The molecule has 0 unspecified atom stereocenters. The zero-order valence-corrected chi connectivity index (χ0v) is 8.80. The number of nitrogens with two attached hydrogens (primary N) is 1. The number of hydrogen-bond acceptors (Lipinski definition) is 2. The van der Waals surface area contributed by atoms with Gasteiger partial charge in [0.2, 0.25) is 5.91 Å². The zero-order valence-electron chi connectivity index (χ0n) is 8.80. The summed E-state index contributed by atoms with van der Waals surface area (Å²) in [4.78, 5) is 21.4. The van der Waals surface area contributed by atoms with Gasteiger partial charge in [0.05, 0.1) is 0 Å². The molecule has 0 saturated carbocycles. The van der Waals surface area contributed by atoms with Gasteiger partial charge in [0.15, 0.2) is 0 Å². The molecule has 0 aromatic rings. The van der Waals surface area contributed by atoms with Crippen LogP contribution >= 0.6 is 0 Å². The van der Waals surface area contributed by atoms with Crippen LogP contribution in [0.3, 0.4) is 0 Å². The van der Waals surface area contributed by atoms with Gasteiger partial charge < -0.3 is 16.4 Å². The van der Waals surface area contributed by atoms with Crippen molar-refractivity contribution in [1.29, 1.82) is 0 Å². The highest BCUT2D eigenvalue weighted by Gasteiger charge is 2.00. The van der Waals surface area contributed by atoms with Crippen LogP contribution in [-0.2, 0) is 4.79 Å². The first-order valence-electron chi connectivity index (χ1n) is 4.85. The van der Waals surface area contributed by atoms with Gasteiger partial charge in [-0.1, -0.05) is 0 Å². The average Bonchev–Trinajstić information content (AvgIpc) is 2.01. The highest BCUT2D eigenvalue weighted by atomic mass is 16.2. The van der Waals surface area contributed by atoms with Crippen LogP contribution in [0.4, 0.5) is 4.79 Å². The molecule has 4 N–H and O–H groups in total. The van der Waals surface area contributed by atoms with Gasteiger partial charge in [-0.15, -0.1) is 0 Å². The normalized spacial score (nSPS) is 9.93. The molecule has 0 heterocycles. The number of amides is 3. The predicted molar refractivity (Wildman–Crippen MR) is 54.7 cm³/mol. The number of primary amides is 1. The Labute approximate surface area is 84.4 Å². The van der Waals surface area contributed by atoms with Crippen molar-refractivity contribution in [3.05, 3.63) is 0 Å². The third kappa shape index (κ3) is 8.83. The lowest BCUT2D eigenvalue weighted by Gasteiger charge is -2.09. The largest absolute Gasteiger partial charge is 0.370 e. The second-order valence-electron chi connectivity index (χ2n) is 3.48. The number of urea groups is 1. The molecule has 0 radical (unpaired) electrons. The van der Waals surface area contributed by atoms with Crippen molar-refractivity contribution in [3.8, 4) is 0 Å². The van der Waals surface area contributed by atoms with E-state index in [-0.39, 0.29) is 18.0 Å². The minimum absolute atomic E-state index is 0.139. The Morgan fingerprint density at radius 2 is 1.93 bits per heavy atom. The van der Waals surface area contributed by atoms with Crippen LogP contribution in [0, 0.1) is 0 Å². The van der Waals surface area contributed by atoms with Crippen molar-refractivity contribution in [2.45, 2.75) is 39.2 Å². The van der Waals surface area contributed by atoms with Crippen molar-refractivity contribution in [3.63, 3.8) is 0 Å². The summed E-state index contributed by atoms with van der Waals surface area (Å²) in [5, 5.41) is 5.39. The molecule has 0 spiro atoms. The highest BCUT2D eigenvalue weighted by molar-refractivity contribution is 5.74. The van der Waals surface area contributed by atoms with Crippen LogP contribution in [-0.4, -0.2) is 24.5 Å². The quantitative estimate of drug-likeness (QED) is 0.542. The Balaban J connectivity index is 3.27. The van der Waals surface area contributed by atoms with Gasteiger partial charge in [0.1, 0.15) is 0 Å². The third-order valence-electron chi connectivity index (χ3n) is 1.56. The fourth-order valence-corrected chi connectivity index (χ4v) is 0.939. The Bertz CT molecular complexity index is 192. The first-order valence-corrected chi connectivity index (χ1v) is 4.85. The molecule has 5 nitrogen and oxygen atoms in total. The van der Waals surface area contributed by atoms with Crippen LogP contribution in [0.15, 0.2) is 0 Å². The SMILES string of the molecule is CC(C)NC(=O)NCCCCC(N)=O. The monoisotopic (exact) mass is 201 g/mol. The van der Waals surface area contributed by atoms with Gasteiger partial charge in [0, 0.05) is 19.0 Å². The molecule has 0 aliphatic rings. The minimum atomic E-state index is -0.295. The van der Waals surface area contributed by atoms with Crippen molar-refractivity contribution in [2.24, 2.45) is 5.73 Å². The average molecular weight is 201 g/mol. The third-order valence-corrected chi connectivity index (χ3v) is 1.56. The molecule has 0 aliphatic heterocycles. The molecule has 0 bridgehead atoms. The van der Waals surface area contributed by atoms with Gasteiger partial charge in [0.25, 0.3) is 0 Å². The Hall–Kier alpha value is -1.26. The second kappa shape index (κ2) is 7.17. The second-order valence-corrected chi connectivity index (χ2v) is 3.48. The summed E-state index contributed by atoms with van der Waals surface area (Å²) in [7, 11) is 0. The number of hydrogen-bond donors (Lipinski definition) is 3. The number of nitrogens with one attached hydrogen (secondary N) is 2. The zero-order chi connectivity index (χ0) is 11.0. The van der Waals surface area contributed by atoms with E-state index in [1.165, 1.54) is 0 Å². The molecule has 3 amide bonds. The lowest BCUT2D eigenvalue weighted by molar-refractivity contribution is -0.118. The van der Waals surface area contributed by atoms with Crippen LogP contribution in [0.2, 0.25) is 0 Å². The molecular weight excluding hydrogens is 182 g/mol. The summed E-state index contributed by atoms with van der Waals surface area (Å²) in [5.74, 6) is -0.295. The molecule has 0 fully saturated rings. The fourth-order valence-electron chi connectivity index (χ4n) is 0.939. The predicted octanol–water partition coefficient (Wildman–Crippen LogP) is 0.350. The summed E-state index contributed by atoms with van der Waals surface area (Å²) < 4.78 is 0. The van der Waals surface area contributed by atoms with E-state index in [4.69, 9.17) is 5.73 Å². The molecular formula is C9H19N3O2. The summed E-state index contributed by atoms with van der Waals surface area (Å²) in [6.07, 6.45) is 1.87. The van der Waals surface area contributed by atoms with Gasteiger partial charge in [-0.05, 0) is 26.7 Å². The van der Waals surface area contributed by atoms with E-state index in [0.717, 1.165) is 12.8 Å². The molecule has 0 saturated heterocycles. The van der Waals surface area contributed by atoms with Crippen molar-refractivity contribution in [1.82, 2.24) is 10.6 Å². The number of carbonyl (C=O) groups is 2. The van der Waals surface area contributed by atoms with E-state index in [1.807, 2.05) is 13.8 Å². The standard InChI is InChI=1S/C9H19N3O2/c1-7(2)12-9(14)11-6-4-3-5-8(10)13/h7H,3-6H2,1-2H3,(H2,10,13)(H2,11,12,14). The molecule has 0 aromatic heterocycles. The minimum Gasteiger partial charge on any atom is -0.370 e. The molecule has 0 atom stereocenters. The van der Waals surface area contributed by atoms with E-state index < -0.39 is 0 Å². The van der Waals surface area contributed by atoms with E-state index in [0.29, 0.717) is 13.0 Å². The molecule has 0 aliphatic carbocycles. The first-order chi connectivity index (χ1) is 6.52. The highest BCUT2D eigenvalue weighted by Crippen LogP contribution is 1.92. The van der Waals surface area contributed by atoms with Crippen molar-refractivity contribution < 1.29 is 9.59 Å². The Morgan fingerprint density at radius 1 is 1.29 bits per heavy atom. The van der Waals surface area contributed by atoms with E-state index in [2.05, 4.69) is 10.6 Å². The lowest BCUT2D eigenvalue weighted by atomic mass is 10.2. The number of unbranched alkanes of at least 4 members (excludes halogenated alkanes) is 1. The van der Waals surface area contributed by atoms with Crippen molar-refractivity contribution >= 4 is 11.9 Å². The van der Waals surface area contributed by atoms with Crippen LogP contribution in [0.1, 0.15) is 33.1 Å². The van der Waals surface area contributed by atoms with E-state index >= 15 is 0 Å². The smallest absolute Gasteiger partial charge is 0.314 e. The molecule has 0 aromatic carbocycles. The summed E-state index contributed by atoms with van der Waals surface area (Å²) in [6, 6.07) is -0.0281. The summed E-state index contributed by atoms with van der Waals surface area (Å²) in [5.41, 5.74) is 4.96. The van der Waals surface area contributed by atoms with Gasteiger partial charge in [-0.25, -0.2) is 4.79 Å². The fraction of sp³-hybridized carbons (Fsp3) is 0.778. The van der Waals surface area contributed by atoms with E-state index in [1.54, 1.807) is 0 Å². The number of carbonyl (C=O) groups excluding carboxylic acids is 2. The van der Waals surface area contributed by atoms with Crippen LogP contribution in [0.25, 0.3) is 0 Å². The Morgan fingerprint density at radius 3 is 2.43 bits per heavy atom.